The molecule has 0 aliphatic rings. The van der Waals surface area contributed by atoms with Gasteiger partial charge >= 0.3 is 5.97 Å². The van der Waals surface area contributed by atoms with E-state index in [4.69, 9.17) is 4.74 Å². The van der Waals surface area contributed by atoms with Gasteiger partial charge in [-0.05, 0) is 64.2 Å². The maximum absolute atomic E-state index is 12.5. The minimum atomic E-state index is -0.841. The first-order valence-corrected chi connectivity index (χ1v) is 40.3. The molecule has 0 spiro atoms. The molecule has 0 aromatic carbocycles. The van der Waals surface area contributed by atoms with E-state index in [1.165, 1.54) is 372 Å². The van der Waals surface area contributed by atoms with E-state index in [0.717, 1.165) is 51.4 Å². The summed E-state index contributed by atoms with van der Waals surface area (Å²) in [5.74, 6) is -0.0431. The van der Waals surface area contributed by atoms with Crippen LogP contribution in [-0.4, -0.2) is 47.4 Å². The monoisotopic (exact) mass is 1240 g/mol. The van der Waals surface area contributed by atoms with Crippen molar-refractivity contribution < 1.29 is 24.5 Å². The number of hydrogen-bond acceptors (Lipinski definition) is 5. The van der Waals surface area contributed by atoms with Gasteiger partial charge in [0, 0.05) is 12.8 Å². The smallest absolute Gasteiger partial charge is 0.305 e. The second kappa shape index (κ2) is 77.5. The van der Waals surface area contributed by atoms with Crippen LogP contribution in [0.15, 0.2) is 36.5 Å². The van der Waals surface area contributed by atoms with E-state index in [0.29, 0.717) is 19.4 Å². The van der Waals surface area contributed by atoms with Crippen molar-refractivity contribution >= 4 is 11.9 Å². The largest absolute Gasteiger partial charge is 0.466 e. The minimum Gasteiger partial charge on any atom is -0.466 e. The Balaban J connectivity index is 3.32. The third-order valence-electron chi connectivity index (χ3n) is 18.9. The molecule has 0 radical (unpaired) electrons. The van der Waals surface area contributed by atoms with Gasteiger partial charge < -0.3 is 20.3 Å². The van der Waals surface area contributed by atoms with Crippen molar-refractivity contribution in [1.29, 1.82) is 0 Å². The first-order valence-electron chi connectivity index (χ1n) is 40.3. The van der Waals surface area contributed by atoms with Crippen LogP contribution in [0.2, 0.25) is 0 Å². The number of allylic oxidation sites excluding steroid dienone is 5. The van der Waals surface area contributed by atoms with E-state index in [9.17, 15) is 19.8 Å². The Kier molecular flexibility index (Phi) is 75.8. The zero-order valence-corrected chi connectivity index (χ0v) is 59.7. The Labute approximate surface area is 551 Å². The number of unbranched alkanes of at least 4 members (excludes halogenated alkanes) is 61. The van der Waals surface area contributed by atoms with E-state index in [1.807, 2.05) is 6.08 Å². The van der Waals surface area contributed by atoms with Gasteiger partial charge in [-0.15, -0.1) is 0 Å². The third-order valence-corrected chi connectivity index (χ3v) is 18.9. The van der Waals surface area contributed by atoms with Crippen LogP contribution in [0.3, 0.4) is 0 Å². The Morgan fingerprint density at radius 3 is 0.875 bits per heavy atom. The maximum Gasteiger partial charge on any atom is 0.305 e. The predicted octanol–water partition coefficient (Wildman–Crippen LogP) is 26.6. The predicted molar refractivity (Wildman–Crippen MR) is 389 cm³/mol. The highest BCUT2D eigenvalue weighted by molar-refractivity contribution is 5.76. The van der Waals surface area contributed by atoms with Crippen LogP contribution in [-0.2, 0) is 14.3 Å². The average molecular weight is 1240 g/mol. The molecule has 2 atom stereocenters. The summed E-state index contributed by atoms with van der Waals surface area (Å²) in [6, 6.07) is -0.624. The summed E-state index contributed by atoms with van der Waals surface area (Å²) in [5, 5.41) is 23.3. The summed E-state index contributed by atoms with van der Waals surface area (Å²) in [5.41, 5.74) is 0. The molecule has 0 bridgehead atoms. The SMILES string of the molecule is CCCCCC/C=C\C/C=C\CCCCCCCCCC(=O)OCCCCCCCCCCCCCCCCCCCCCCCCCCCCCCCCCCCCCC(=O)NC(CO)C(O)/C=C/CCCCCCCCCCCCCCCCCC. The fourth-order valence-corrected chi connectivity index (χ4v) is 12.8. The molecule has 0 aromatic rings. The van der Waals surface area contributed by atoms with Crippen LogP contribution in [0.5, 0.6) is 0 Å². The molecule has 0 rings (SSSR count). The highest BCUT2D eigenvalue weighted by Gasteiger charge is 2.18. The lowest BCUT2D eigenvalue weighted by atomic mass is 10.0. The number of nitrogens with one attached hydrogen (secondary N) is 1. The summed E-state index contributed by atoms with van der Waals surface area (Å²) in [7, 11) is 0. The number of rotatable bonds is 76. The van der Waals surface area contributed by atoms with Gasteiger partial charge in [0.2, 0.25) is 5.91 Å². The van der Waals surface area contributed by atoms with Gasteiger partial charge in [0.25, 0.3) is 0 Å². The van der Waals surface area contributed by atoms with E-state index in [-0.39, 0.29) is 18.5 Å². The van der Waals surface area contributed by atoms with Crippen LogP contribution in [0.25, 0.3) is 0 Å². The lowest BCUT2D eigenvalue weighted by Crippen LogP contribution is -2.45. The Hall–Kier alpha value is -1.92. The summed E-state index contributed by atoms with van der Waals surface area (Å²) >= 11 is 0. The minimum absolute atomic E-state index is 0.0157. The lowest BCUT2D eigenvalue weighted by Gasteiger charge is -2.20. The molecule has 0 aliphatic carbocycles. The fraction of sp³-hybridized carbons (Fsp3) is 0.902. The molecule has 0 saturated heterocycles. The van der Waals surface area contributed by atoms with Crippen molar-refractivity contribution in [3.05, 3.63) is 36.5 Å². The molecule has 3 N–H and O–H groups in total. The van der Waals surface area contributed by atoms with Crippen LogP contribution in [0.1, 0.15) is 450 Å². The molecule has 520 valence electrons. The van der Waals surface area contributed by atoms with E-state index in [1.54, 1.807) is 6.08 Å². The van der Waals surface area contributed by atoms with Gasteiger partial charge in [-0.1, -0.05) is 410 Å². The lowest BCUT2D eigenvalue weighted by molar-refractivity contribution is -0.143. The molecule has 0 heterocycles. The number of aliphatic hydroxyl groups is 2. The second-order valence-corrected chi connectivity index (χ2v) is 27.8. The zero-order valence-electron chi connectivity index (χ0n) is 59.7. The highest BCUT2D eigenvalue weighted by atomic mass is 16.5. The molecule has 0 saturated carbocycles. The zero-order chi connectivity index (χ0) is 63.5. The first-order chi connectivity index (χ1) is 43.5. The molecule has 0 aromatic heterocycles. The highest BCUT2D eigenvalue weighted by Crippen LogP contribution is 2.20. The molecular weight excluding hydrogens is 1080 g/mol. The molecule has 6 nitrogen and oxygen atoms in total. The number of ether oxygens (including phenoxy) is 1. The fourth-order valence-electron chi connectivity index (χ4n) is 12.8. The molecule has 88 heavy (non-hydrogen) atoms. The van der Waals surface area contributed by atoms with Crippen LogP contribution < -0.4 is 5.32 Å². The van der Waals surface area contributed by atoms with Gasteiger partial charge in [-0.25, -0.2) is 0 Å². The molecular formula is C82H157NO5. The van der Waals surface area contributed by atoms with Crippen LogP contribution >= 0.6 is 0 Å². The Morgan fingerprint density at radius 2 is 0.568 bits per heavy atom. The number of hydrogen-bond donors (Lipinski definition) is 3. The number of esters is 1. The first kappa shape index (κ1) is 86.1. The Bertz CT molecular complexity index is 1430. The summed E-state index contributed by atoms with van der Waals surface area (Å²) in [6.07, 6.45) is 101. The standard InChI is InChI=1S/C82H157NO5/c1-3-5-7-9-11-13-15-17-19-21-42-46-50-54-58-62-66-70-74-80(85)79(78-84)83-81(86)75-71-67-63-59-55-51-47-43-40-38-36-34-32-30-28-26-24-23-25-27-29-31-33-35-37-39-41-45-49-53-57-61-65-69-73-77-88-82(87)76-72-68-64-60-56-52-48-44-22-20-18-16-14-12-10-8-6-4-2/h14,16,20,22,70,74,79-80,84-85H,3-13,15,17-19,21,23-69,71-73,75-78H2,1-2H3,(H,83,86)/b16-14-,22-20-,74-70+. The van der Waals surface area contributed by atoms with E-state index < -0.39 is 12.1 Å². The van der Waals surface area contributed by atoms with E-state index in [2.05, 4.69) is 43.5 Å². The molecule has 6 heteroatoms. The van der Waals surface area contributed by atoms with Crippen LogP contribution in [0, 0.1) is 0 Å². The van der Waals surface area contributed by atoms with Gasteiger partial charge in [0.15, 0.2) is 0 Å². The Morgan fingerprint density at radius 1 is 0.318 bits per heavy atom. The molecule has 0 fully saturated rings. The average Bonchev–Trinajstić information content (AvgIpc) is 3.58. The van der Waals surface area contributed by atoms with Crippen molar-refractivity contribution in [3.8, 4) is 0 Å². The van der Waals surface area contributed by atoms with Gasteiger partial charge in [-0.3, -0.25) is 9.59 Å². The van der Waals surface area contributed by atoms with Crippen molar-refractivity contribution in [3.63, 3.8) is 0 Å². The number of carbonyl (C=O) groups is 2. The summed E-state index contributed by atoms with van der Waals surface area (Å²) < 4.78 is 5.51. The molecule has 0 aliphatic heterocycles. The van der Waals surface area contributed by atoms with Crippen molar-refractivity contribution in [1.82, 2.24) is 5.32 Å². The quantitative estimate of drug-likeness (QED) is 0.0320. The number of amides is 1. The summed E-state index contributed by atoms with van der Waals surface area (Å²) in [4.78, 5) is 24.6. The number of carbonyl (C=O) groups excluding carboxylic acids is 2. The van der Waals surface area contributed by atoms with Gasteiger partial charge in [0.1, 0.15) is 0 Å². The van der Waals surface area contributed by atoms with E-state index >= 15 is 0 Å². The topological polar surface area (TPSA) is 95.9 Å². The summed E-state index contributed by atoms with van der Waals surface area (Å²) in [6.45, 7) is 4.93. The van der Waals surface area contributed by atoms with Crippen molar-refractivity contribution in [2.75, 3.05) is 13.2 Å². The normalized spacial score (nSPS) is 12.6. The van der Waals surface area contributed by atoms with Gasteiger partial charge in [0.05, 0.1) is 25.4 Å². The van der Waals surface area contributed by atoms with Crippen molar-refractivity contribution in [2.45, 2.75) is 463 Å². The molecule has 1 amide bonds. The molecule has 2 unspecified atom stereocenters. The van der Waals surface area contributed by atoms with Gasteiger partial charge in [-0.2, -0.15) is 0 Å². The van der Waals surface area contributed by atoms with Crippen molar-refractivity contribution in [2.24, 2.45) is 0 Å². The second-order valence-electron chi connectivity index (χ2n) is 27.8. The number of aliphatic hydroxyl groups excluding tert-OH is 2. The maximum atomic E-state index is 12.5. The van der Waals surface area contributed by atoms with Crippen LogP contribution in [0.4, 0.5) is 0 Å². The third kappa shape index (κ3) is 73.1.